The van der Waals surface area contributed by atoms with Gasteiger partial charge in [-0.1, -0.05) is 0 Å². The highest BCUT2D eigenvalue weighted by Crippen LogP contribution is 2.30. The van der Waals surface area contributed by atoms with Crippen molar-refractivity contribution in [2.24, 2.45) is 5.92 Å². The van der Waals surface area contributed by atoms with Crippen molar-refractivity contribution in [1.29, 1.82) is 0 Å². The van der Waals surface area contributed by atoms with Gasteiger partial charge in [0.15, 0.2) is 0 Å². The van der Waals surface area contributed by atoms with Gasteiger partial charge in [0.2, 0.25) is 0 Å². The Bertz CT molecular complexity index is 732. The lowest BCUT2D eigenvalue weighted by molar-refractivity contribution is -0.137. The number of ether oxygens (including phenoxy) is 2. The molecule has 2 saturated heterocycles. The first kappa shape index (κ1) is 19.2. The van der Waals surface area contributed by atoms with E-state index in [1.54, 1.807) is 0 Å². The Morgan fingerprint density at radius 2 is 1.96 bits per heavy atom. The van der Waals surface area contributed by atoms with Gasteiger partial charge in [-0.2, -0.15) is 0 Å². The second kappa shape index (κ2) is 8.49. The third-order valence-corrected chi connectivity index (χ3v) is 6.16. The highest BCUT2D eigenvalue weighted by molar-refractivity contribution is 5.94. The lowest BCUT2D eigenvalue weighted by Crippen LogP contribution is -2.55. The summed E-state index contributed by atoms with van der Waals surface area (Å²) < 4.78 is 11.0. The first-order chi connectivity index (χ1) is 13.6. The molecule has 1 aromatic rings. The zero-order valence-corrected chi connectivity index (χ0v) is 16.1. The van der Waals surface area contributed by atoms with E-state index in [2.05, 4.69) is 4.90 Å². The fraction of sp³-hybridized carbons (Fsp3) is 0.619. The molecule has 0 aliphatic carbocycles. The van der Waals surface area contributed by atoms with Crippen LogP contribution in [0.4, 0.5) is 0 Å². The third kappa shape index (κ3) is 4.15. The van der Waals surface area contributed by atoms with Gasteiger partial charge in [0, 0.05) is 50.6 Å². The summed E-state index contributed by atoms with van der Waals surface area (Å²) in [6.07, 6.45) is 2.46. The van der Waals surface area contributed by atoms with Crippen LogP contribution < -0.4 is 4.74 Å². The smallest absolute Gasteiger partial charge is 0.303 e. The maximum atomic E-state index is 13.1. The Balaban J connectivity index is 1.46. The van der Waals surface area contributed by atoms with Crippen LogP contribution in [-0.2, 0) is 16.0 Å². The van der Waals surface area contributed by atoms with Crippen LogP contribution in [0.15, 0.2) is 18.2 Å². The highest BCUT2D eigenvalue weighted by atomic mass is 16.5. The molecule has 3 aliphatic heterocycles. The van der Waals surface area contributed by atoms with Gasteiger partial charge >= 0.3 is 5.97 Å². The fourth-order valence-electron chi connectivity index (χ4n) is 4.69. The van der Waals surface area contributed by atoms with Crippen molar-refractivity contribution in [1.82, 2.24) is 9.80 Å². The average Bonchev–Trinajstić information content (AvgIpc) is 3.20. The number of benzene rings is 1. The van der Waals surface area contributed by atoms with E-state index in [1.165, 1.54) is 0 Å². The molecule has 0 bridgehead atoms. The molecule has 2 atom stereocenters. The van der Waals surface area contributed by atoms with Gasteiger partial charge in [-0.05, 0) is 42.5 Å². The molecular weight excluding hydrogens is 360 g/mol. The zero-order valence-electron chi connectivity index (χ0n) is 16.1. The van der Waals surface area contributed by atoms with E-state index in [0.29, 0.717) is 37.7 Å². The van der Waals surface area contributed by atoms with Crippen molar-refractivity contribution in [3.63, 3.8) is 0 Å². The number of aliphatic carboxylic acids is 1. The van der Waals surface area contributed by atoms with Gasteiger partial charge in [-0.25, -0.2) is 0 Å². The van der Waals surface area contributed by atoms with E-state index < -0.39 is 5.97 Å². The molecular formula is C21H28N2O5. The number of carboxylic acids is 1. The maximum Gasteiger partial charge on any atom is 0.303 e. The summed E-state index contributed by atoms with van der Waals surface area (Å²) in [5.41, 5.74) is 1.79. The van der Waals surface area contributed by atoms with Gasteiger partial charge in [0.25, 0.3) is 5.91 Å². The molecule has 0 spiro atoms. The normalized spacial score (nSPS) is 25.2. The Morgan fingerprint density at radius 1 is 1.14 bits per heavy atom. The molecule has 1 N–H and O–H groups in total. The molecule has 7 heteroatoms. The molecule has 0 radical (unpaired) electrons. The largest absolute Gasteiger partial charge is 0.493 e. The van der Waals surface area contributed by atoms with Crippen LogP contribution in [0.1, 0.15) is 35.2 Å². The molecule has 1 aromatic carbocycles. The third-order valence-electron chi connectivity index (χ3n) is 6.16. The number of carbonyl (C=O) groups is 2. The summed E-state index contributed by atoms with van der Waals surface area (Å²) in [6, 6.07) is 6.00. The van der Waals surface area contributed by atoms with Crippen LogP contribution in [0.25, 0.3) is 0 Å². The molecule has 0 aromatic heterocycles. The molecule has 0 unspecified atom stereocenters. The van der Waals surface area contributed by atoms with Gasteiger partial charge in [0.1, 0.15) is 5.75 Å². The predicted molar refractivity (Wildman–Crippen MR) is 103 cm³/mol. The maximum absolute atomic E-state index is 13.1. The van der Waals surface area contributed by atoms with Crippen LogP contribution >= 0.6 is 0 Å². The van der Waals surface area contributed by atoms with Gasteiger partial charge in [0.05, 0.1) is 19.8 Å². The second-order valence-corrected chi connectivity index (χ2v) is 7.87. The van der Waals surface area contributed by atoms with Crippen molar-refractivity contribution < 1.29 is 24.2 Å². The first-order valence-corrected chi connectivity index (χ1v) is 10.2. The predicted octanol–water partition coefficient (Wildman–Crippen LogP) is 1.65. The number of morpholine rings is 1. The summed E-state index contributed by atoms with van der Waals surface area (Å²) in [7, 11) is 0. The van der Waals surface area contributed by atoms with Crippen molar-refractivity contribution in [3.8, 4) is 5.75 Å². The molecule has 7 nitrogen and oxygen atoms in total. The van der Waals surface area contributed by atoms with Crippen molar-refractivity contribution in [2.75, 3.05) is 46.0 Å². The Labute approximate surface area is 165 Å². The lowest BCUT2D eigenvalue weighted by atomic mass is 9.86. The Kier molecular flexibility index (Phi) is 5.82. The van der Waals surface area contributed by atoms with Crippen LogP contribution in [0.3, 0.4) is 0 Å². The molecule has 1 amide bonds. The van der Waals surface area contributed by atoms with E-state index in [4.69, 9.17) is 14.6 Å². The number of nitrogens with zero attached hydrogens (tertiary/aromatic N) is 2. The molecule has 4 rings (SSSR count). The summed E-state index contributed by atoms with van der Waals surface area (Å²) in [5, 5.41) is 9.16. The molecule has 0 saturated carbocycles. The van der Waals surface area contributed by atoms with Crippen molar-refractivity contribution in [2.45, 2.75) is 31.7 Å². The quantitative estimate of drug-likeness (QED) is 0.826. The number of hydrogen-bond acceptors (Lipinski definition) is 5. The van der Waals surface area contributed by atoms with Gasteiger partial charge < -0.3 is 19.5 Å². The second-order valence-electron chi connectivity index (χ2n) is 7.87. The van der Waals surface area contributed by atoms with Crippen LogP contribution in [0.2, 0.25) is 0 Å². The highest BCUT2D eigenvalue weighted by Gasteiger charge is 2.36. The topological polar surface area (TPSA) is 79.3 Å². The zero-order chi connectivity index (χ0) is 19.5. The van der Waals surface area contributed by atoms with Gasteiger partial charge in [-0.3, -0.25) is 14.5 Å². The molecule has 3 aliphatic rings. The summed E-state index contributed by atoms with van der Waals surface area (Å²) in [5.74, 6) is 0.310. The van der Waals surface area contributed by atoms with E-state index >= 15 is 0 Å². The fourth-order valence-corrected chi connectivity index (χ4v) is 4.69. The van der Waals surface area contributed by atoms with E-state index in [-0.39, 0.29) is 18.2 Å². The minimum atomic E-state index is -0.775. The minimum Gasteiger partial charge on any atom is -0.493 e. The Morgan fingerprint density at radius 3 is 2.75 bits per heavy atom. The van der Waals surface area contributed by atoms with E-state index in [1.807, 2.05) is 23.1 Å². The number of piperidine rings is 1. The number of amides is 1. The molecule has 2 fully saturated rings. The van der Waals surface area contributed by atoms with Crippen LogP contribution in [-0.4, -0.2) is 78.8 Å². The molecule has 3 heterocycles. The molecule has 152 valence electrons. The van der Waals surface area contributed by atoms with Crippen molar-refractivity contribution in [3.05, 3.63) is 29.3 Å². The minimum absolute atomic E-state index is 0.0375. The number of fused-ring (bicyclic) bond motifs is 1. The number of carbonyl (C=O) groups excluding carboxylic acids is 1. The van der Waals surface area contributed by atoms with Crippen LogP contribution in [0.5, 0.6) is 5.75 Å². The molecule has 28 heavy (non-hydrogen) atoms. The monoisotopic (exact) mass is 388 g/mol. The number of likely N-dealkylation sites (tertiary alicyclic amines) is 1. The number of carboxylic acid groups (broad SMARTS) is 1. The Hall–Kier alpha value is -2.12. The number of rotatable bonds is 5. The summed E-state index contributed by atoms with van der Waals surface area (Å²) >= 11 is 0. The average molecular weight is 388 g/mol. The standard InChI is InChI=1S/C21H28N2O5/c24-20(25)4-2-17-14-23(7-5-18(17)22-8-11-27-12-9-22)21(26)16-1-3-19-15(13-16)6-10-28-19/h1,3,13,17-18H,2,4-12,14H2,(H,24,25)/t17-,18+/m1/s1. The SMILES string of the molecule is O=C(O)CC[C@@H]1CN(C(=O)c2ccc3c(c2)CCO3)CC[C@@H]1N1CCOCC1. The van der Waals surface area contributed by atoms with Crippen molar-refractivity contribution >= 4 is 11.9 Å². The van der Waals surface area contributed by atoms with E-state index in [9.17, 15) is 9.59 Å². The number of hydrogen-bond donors (Lipinski definition) is 1. The van der Waals surface area contributed by atoms with Gasteiger partial charge in [-0.15, -0.1) is 0 Å². The van der Waals surface area contributed by atoms with E-state index in [0.717, 1.165) is 50.5 Å². The summed E-state index contributed by atoms with van der Waals surface area (Å²) in [6.45, 7) is 5.21. The van der Waals surface area contributed by atoms with Crippen LogP contribution in [0, 0.1) is 5.92 Å². The summed E-state index contributed by atoms with van der Waals surface area (Å²) in [4.78, 5) is 28.6. The lowest BCUT2D eigenvalue weighted by Gasteiger charge is -2.45. The first-order valence-electron chi connectivity index (χ1n) is 10.2.